The molecule has 50 valence electrons. The van der Waals surface area contributed by atoms with E-state index in [4.69, 9.17) is 5.73 Å². The lowest BCUT2D eigenvalue weighted by Gasteiger charge is -2.12. The van der Waals surface area contributed by atoms with Gasteiger partial charge in [0.1, 0.15) is 0 Å². The highest BCUT2D eigenvalue weighted by atomic mass is 32.1. The first-order valence-corrected chi connectivity index (χ1v) is 3.63. The largest absolute Gasteiger partial charge is 0.327 e. The van der Waals surface area contributed by atoms with Crippen LogP contribution in [0.1, 0.15) is 26.7 Å². The molecule has 2 atom stereocenters. The molecule has 8 heavy (non-hydrogen) atoms. The minimum Gasteiger partial charge on any atom is -0.327 e. The first-order valence-electron chi connectivity index (χ1n) is 3.12. The monoisotopic (exact) mass is 133 g/mol. The highest BCUT2D eigenvalue weighted by Crippen LogP contribution is 2.03. The van der Waals surface area contributed by atoms with Gasteiger partial charge in [-0.3, -0.25) is 0 Å². The fraction of sp³-hybridized carbons (Fsp3) is 1.00. The summed E-state index contributed by atoms with van der Waals surface area (Å²) in [6.45, 7) is 4.17. The normalized spacial score (nSPS) is 18.0. The van der Waals surface area contributed by atoms with Gasteiger partial charge in [-0.25, -0.2) is 0 Å². The van der Waals surface area contributed by atoms with Crippen molar-refractivity contribution in [3.63, 3.8) is 0 Å². The summed E-state index contributed by atoms with van der Waals surface area (Å²) in [7, 11) is 0. The quantitative estimate of drug-likeness (QED) is 0.560. The second-order valence-electron chi connectivity index (χ2n) is 2.19. The first-order chi connectivity index (χ1) is 3.68. The van der Waals surface area contributed by atoms with Gasteiger partial charge in [-0.15, -0.1) is 0 Å². The lowest BCUT2D eigenvalue weighted by Crippen LogP contribution is -2.28. The minimum absolute atomic E-state index is 0.281. The maximum Gasteiger partial charge on any atom is 0.0153 e. The second-order valence-corrected chi connectivity index (χ2v) is 3.01. The van der Waals surface area contributed by atoms with E-state index in [9.17, 15) is 0 Å². The van der Waals surface area contributed by atoms with Gasteiger partial charge in [0.15, 0.2) is 0 Å². The van der Waals surface area contributed by atoms with E-state index in [2.05, 4.69) is 19.6 Å². The van der Waals surface area contributed by atoms with Crippen molar-refractivity contribution >= 4 is 12.6 Å². The molecule has 0 spiro atoms. The molecule has 0 saturated heterocycles. The Bertz CT molecular complexity index is 54.5. The molecule has 2 heteroatoms. The van der Waals surface area contributed by atoms with Crippen LogP contribution in [-0.4, -0.2) is 11.3 Å². The summed E-state index contributed by atoms with van der Waals surface area (Å²) in [6.07, 6.45) is 2.25. The van der Waals surface area contributed by atoms with Crippen LogP contribution in [0.4, 0.5) is 0 Å². The van der Waals surface area contributed by atoms with Gasteiger partial charge in [0.2, 0.25) is 0 Å². The average Bonchev–Trinajstić information content (AvgIpc) is 1.67. The maximum atomic E-state index is 5.65. The van der Waals surface area contributed by atoms with Gasteiger partial charge >= 0.3 is 0 Å². The fourth-order valence-corrected chi connectivity index (χ4v) is 0.724. The summed E-state index contributed by atoms with van der Waals surface area (Å²) in [5.74, 6) is 0. The third-order valence-electron chi connectivity index (χ3n) is 1.24. The maximum absolute atomic E-state index is 5.65. The number of thiol groups is 1. The van der Waals surface area contributed by atoms with Crippen molar-refractivity contribution in [2.75, 3.05) is 0 Å². The van der Waals surface area contributed by atoms with Gasteiger partial charge in [-0.2, -0.15) is 12.6 Å². The third kappa shape index (κ3) is 3.33. The molecule has 0 aromatic rings. The minimum atomic E-state index is 0.281. The molecule has 0 aromatic heterocycles. The molecular formula is C6H15NS. The van der Waals surface area contributed by atoms with E-state index < -0.39 is 0 Å². The van der Waals surface area contributed by atoms with E-state index in [1.165, 1.54) is 0 Å². The van der Waals surface area contributed by atoms with Crippen molar-refractivity contribution < 1.29 is 0 Å². The summed E-state index contributed by atoms with van der Waals surface area (Å²) in [6, 6.07) is 0.281. The Morgan fingerprint density at radius 1 is 1.62 bits per heavy atom. The number of rotatable bonds is 3. The topological polar surface area (TPSA) is 26.0 Å². The van der Waals surface area contributed by atoms with Gasteiger partial charge in [0.05, 0.1) is 0 Å². The van der Waals surface area contributed by atoms with Gasteiger partial charge in [-0.05, 0) is 6.42 Å². The first kappa shape index (κ1) is 8.31. The Kier molecular flexibility index (Phi) is 4.38. The number of hydrogen-bond acceptors (Lipinski definition) is 2. The van der Waals surface area contributed by atoms with Crippen molar-refractivity contribution in [1.29, 1.82) is 0 Å². The second kappa shape index (κ2) is 4.21. The molecule has 0 heterocycles. The Morgan fingerprint density at radius 3 is 2.25 bits per heavy atom. The van der Waals surface area contributed by atoms with E-state index in [0.717, 1.165) is 12.8 Å². The van der Waals surface area contributed by atoms with Crippen molar-refractivity contribution in [3.8, 4) is 0 Å². The van der Waals surface area contributed by atoms with E-state index in [-0.39, 0.29) is 6.04 Å². The molecule has 0 saturated carbocycles. The lowest BCUT2D eigenvalue weighted by atomic mass is 10.1. The van der Waals surface area contributed by atoms with Crippen LogP contribution in [-0.2, 0) is 0 Å². The van der Waals surface area contributed by atoms with E-state index >= 15 is 0 Å². The molecule has 0 aliphatic carbocycles. The van der Waals surface area contributed by atoms with Crippen molar-refractivity contribution in [1.82, 2.24) is 0 Å². The fourth-order valence-electron chi connectivity index (χ4n) is 0.575. The predicted octanol–water partition coefficient (Wildman–Crippen LogP) is 1.43. The Labute approximate surface area is 57.1 Å². The van der Waals surface area contributed by atoms with Gasteiger partial charge in [-0.1, -0.05) is 20.3 Å². The molecule has 1 nitrogen and oxygen atoms in total. The zero-order valence-corrected chi connectivity index (χ0v) is 6.49. The van der Waals surface area contributed by atoms with Crippen LogP contribution in [0, 0.1) is 0 Å². The van der Waals surface area contributed by atoms with Crippen LogP contribution >= 0.6 is 12.6 Å². The van der Waals surface area contributed by atoms with Crippen LogP contribution in [0.5, 0.6) is 0 Å². The molecule has 0 aromatic carbocycles. The molecule has 2 N–H and O–H groups in total. The predicted molar refractivity (Wildman–Crippen MR) is 41.3 cm³/mol. The lowest BCUT2D eigenvalue weighted by molar-refractivity contribution is 0.600. The zero-order chi connectivity index (χ0) is 6.57. The van der Waals surface area contributed by atoms with Crippen LogP contribution < -0.4 is 5.73 Å². The molecular weight excluding hydrogens is 118 g/mol. The molecule has 0 amide bonds. The van der Waals surface area contributed by atoms with E-state index in [1.54, 1.807) is 0 Å². The summed E-state index contributed by atoms with van der Waals surface area (Å²) < 4.78 is 0. The Hall–Kier alpha value is 0.310. The van der Waals surface area contributed by atoms with Crippen LogP contribution in [0.15, 0.2) is 0 Å². The molecule has 0 radical (unpaired) electrons. The molecule has 0 rings (SSSR count). The number of hydrogen-bond donors (Lipinski definition) is 2. The summed E-state index contributed by atoms with van der Waals surface area (Å²) in [5.41, 5.74) is 5.65. The SMILES string of the molecule is CCCC(N)C(C)S. The van der Waals surface area contributed by atoms with E-state index in [0.29, 0.717) is 5.25 Å². The van der Waals surface area contributed by atoms with Crippen molar-refractivity contribution in [2.45, 2.75) is 38.0 Å². The molecule has 0 aliphatic rings. The number of nitrogens with two attached hydrogens (primary N) is 1. The highest BCUT2D eigenvalue weighted by Gasteiger charge is 2.04. The molecule has 0 aliphatic heterocycles. The summed E-state index contributed by atoms with van der Waals surface area (Å²) >= 11 is 4.20. The third-order valence-corrected chi connectivity index (χ3v) is 1.62. The van der Waals surface area contributed by atoms with E-state index in [1.807, 2.05) is 6.92 Å². The molecule has 0 fully saturated rings. The van der Waals surface area contributed by atoms with Crippen LogP contribution in [0.25, 0.3) is 0 Å². The summed E-state index contributed by atoms with van der Waals surface area (Å²) in [4.78, 5) is 0. The van der Waals surface area contributed by atoms with Gasteiger partial charge in [0, 0.05) is 11.3 Å². The average molecular weight is 133 g/mol. The van der Waals surface area contributed by atoms with Crippen LogP contribution in [0.3, 0.4) is 0 Å². The summed E-state index contributed by atoms with van der Waals surface area (Å²) in [5, 5.41) is 0.343. The standard InChI is InChI=1S/C6H15NS/c1-3-4-6(7)5(2)8/h5-6,8H,3-4,7H2,1-2H3. The smallest absolute Gasteiger partial charge is 0.0153 e. The van der Waals surface area contributed by atoms with Crippen LogP contribution in [0.2, 0.25) is 0 Å². The zero-order valence-electron chi connectivity index (χ0n) is 5.59. The Morgan fingerprint density at radius 2 is 2.12 bits per heavy atom. The Balaban J connectivity index is 3.17. The van der Waals surface area contributed by atoms with Crippen molar-refractivity contribution in [2.24, 2.45) is 5.73 Å². The van der Waals surface area contributed by atoms with Gasteiger partial charge < -0.3 is 5.73 Å². The van der Waals surface area contributed by atoms with Crippen molar-refractivity contribution in [3.05, 3.63) is 0 Å². The molecule has 2 unspecified atom stereocenters. The molecule has 0 bridgehead atoms. The van der Waals surface area contributed by atoms with Gasteiger partial charge in [0.25, 0.3) is 0 Å². The highest BCUT2D eigenvalue weighted by molar-refractivity contribution is 7.81.